The molecule has 0 amide bonds. The van der Waals surface area contributed by atoms with E-state index in [0.717, 1.165) is 6.42 Å². The van der Waals surface area contributed by atoms with E-state index >= 15 is 0 Å². The fraction of sp³-hybridized carbons (Fsp3) is 0.500. The number of nitrogens with two attached hydrogens (primary N) is 1. The van der Waals surface area contributed by atoms with E-state index in [-0.39, 0.29) is 4.90 Å². The van der Waals surface area contributed by atoms with Gasteiger partial charge in [-0.3, -0.25) is 4.98 Å². The van der Waals surface area contributed by atoms with Crippen molar-refractivity contribution in [3.8, 4) is 0 Å². The highest BCUT2D eigenvalue weighted by Crippen LogP contribution is 2.10. The molecule has 0 spiro atoms. The first-order valence-corrected chi connectivity index (χ1v) is 6.60. The third-order valence-electron chi connectivity index (χ3n) is 2.06. The molecule has 1 rings (SSSR count). The van der Waals surface area contributed by atoms with Gasteiger partial charge < -0.3 is 5.73 Å². The Labute approximate surface area is 96.1 Å². The topological polar surface area (TPSA) is 85.1 Å². The van der Waals surface area contributed by atoms with Crippen molar-refractivity contribution >= 4 is 15.7 Å². The molecule has 5 nitrogen and oxygen atoms in total. The van der Waals surface area contributed by atoms with Crippen molar-refractivity contribution in [1.29, 1.82) is 0 Å². The lowest BCUT2D eigenvalue weighted by molar-refractivity contribution is 0.551. The number of nitrogens with one attached hydrogen (secondary N) is 1. The molecule has 1 aromatic heterocycles. The highest BCUT2D eigenvalue weighted by Gasteiger charge is 2.13. The number of hydrogen-bond acceptors (Lipinski definition) is 4. The highest BCUT2D eigenvalue weighted by atomic mass is 32.2. The Kier molecular flexibility index (Phi) is 4.26. The van der Waals surface area contributed by atoms with Gasteiger partial charge in [-0.05, 0) is 18.4 Å². The monoisotopic (exact) mass is 243 g/mol. The van der Waals surface area contributed by atoms with E-state index in [1.807, 2.05) is 13.8 Å². The third kappa shape index (κ3) is 3.79. The molecule has 0 radical (unpaired) electrons. The SMILES string of the molecule is CC(C)CCNS(=O)(=O)c1cncc(N)c1. The van der Waals surface area contributed by atoms with Gasteiger partial charge in [0.25, 0.3) is 0 Å². The van der Waals surface area contributed by atoms with Crippen molar-refractivity contribution in [2.45, 2.75) is 25.2 Å². The zero-order valence-electron chi connectivity index (χ0n) is 9.47. The zero-order valence-corrected chi connectivity index (χ0v) is 10.3. The van der Waals surface area contributed by atoms with Gasteiger partial charge in [0, 0.05) is 18.9 Å². The second-order valence-corrected chi connectivity index (χ2v) is 5.80. The van der Waals surface area contributed by atoms with Crippen LogP contribution in [0.5, 0.6) is 0 Å². The normalized spacial score (nSPS) is 11.9. The van der Waals surface area contributed by atoms with Crippen LogP contribution in [0.1, 0.15) is 20.3 Å². The Morgan fingerprint density at radius 1 is 1.44 bits per heavy atom. The summed E-state index contributed by atoms with van der Waals surface area (Å²) in [6.07, 6.45) is 3.50. The van der Waals surface area contributed by atoms with Gasteiger partial charge >= 0.3 is 0 Å². The van der Waals surface area contributed by atoms with Gasteiger partial charge in [-0.15, -0.1) is 0 Å². The lowest BCUT2D eigenvalue weighted by Crippen LogP contribution is -2.25. The molecule has 0 aliphatic heterocycles. The summed E-state index contributed by atoms with van der Waals surface area (Å²) in [4.78, 5) is 3.86. The lowest BCUT2D eigenvalue weighted by atomic mass is 10.1. The molecule has 1 heterocycles. The summed E-state index contributed by atoms with van der Waals surface area (Å²) in [5, 5.41) is 0. The van der Waals surface area contributed by atoms with Crippen LogP contribution in [0.25, 0.3) is 0 Å². The van der Waals surface area contributed by atoms with E-state index in [2.05, 4.69) is 9.71 Å². The fourth-order valence-corrected chi connectivity index (χ4v) is 2.19. The lowest BCUT2D eigenvalue weighted by Gasteiger charge is -2.08. The first-order chi connectivity index (χ1) is 7.42. The number of hydrogen-bond donors (Lipinski definition) is 2. The molecule has 0 atom stereocenters. The van der Waals surface area contributed by atoms with Crippen molar-refractivity contribution < 1.29 is 8.42 Å². The average Bonchev–Trinajstić information content (AvgIpc) is 2.16. The van der Waals surface area contributed by atoms with E-state index in [4.69, 9.17) is 5.73 Å². The van der Waals surface area contributed by atoms with Crippen molar-refractivity contribution in [2.75, 3.05) is 12.3 Å². The predicted octanol–water partition coefficient (Wildman–Crippen LogP) is 0.988. The highest BCUT2D eigenvalue weighted by molar-refractivity contribution is 7.89. The molecule has 1 aromatic rings. The average molecular weight is 243 g/mol. The summed E-state index contributed by atoms with van der Waals surface area (Å²) in [6, 6.07) is 1.39. The van der Waals surface area contributed by atoms with E-state index in [9.17, 15) is 8.42 Å². The van der Waals surface area contributed by atoms with Gasteiger partial charge in [-0.1, -0.05) is 13.8 Å². The van der Waals surface area contributed by atoms with Gasteiger partial charge in [-0.2, -0.15) is 0 Å². The van der Waals surface area contributed by atoms with E-state index in [0.29, 0.717) is 18.2 Å². The van der Waals surface area contributed by atoms with Crippen LogP contribution in [0.4, 0.5) is 5.69 Å². The molecule has 0 saturated carbocycles. The number of aromatic nitrogens is 1. The van der Waals surface area contributed by atoms with Crippen LogP contribution < -0.4 is 10.5 Å². The second kappa shape index (κ2) is 5.27. The number of nitrogen functional groups attached to an aromatic ring is 1. The van der Waals surface area contributed by atoms with Crippen LogP contribution in [0.3, 0.4) is 0 Å². The molecule has 6 heteroatoms. The molecule has 0 bridgehead atoms. The molecule has 0 aromatic carbocycles. The number of rotatable bonds is 5. The predicted molar refractivity (Wildman–Crippen MR) is 63.3 cm³/mol. The van der Waals surface area contributed by atoms with Crippen LogP contribution >= 0.6 is 0 Å². The van der Waals surface area contributed by atoms with Crippen LogP contribution in [-0.4, -0.2) is 19.9 Å². The maximum Gasteiger partial charge on any atom is 0.242 e. The minimum atomic E-state index is -3.47. The Bertz CT molecular complexity index is 443. The zero-order chi connectivity index (χ0) is 12.2. The summed E-state index contributed by atoms with van der Waals surface area (Å²) in [7, 11) is -3.47. The summed E-state index contributed by atoms with van der Waals surface area (Å²) in [5.74, 6) is 0.460. The summed E-state index contributed by atoms with van der Waals surface area (Å²) >= 11 is 0. The number of pyridine rings is 1. The maximum atomic E-state index is 11.8. The van der Waals surface area contributed by atoms with Crippen molar-refractivity contribution in [3.05, 3.63) is 18.5 Å². The molecule has 0 aliphatic carbocycles. The van der Waals surface area contributed by atoms with Crippen molar-refractivity contribution in [1.82, 2.24) is 9.71 Å². The van der Waals surface area contributed by atoms with Gasteiger partial charge in [0.2, 0.25) is 10.0 Å². The van der Waals surface area contributed by atoms with Crippen LogP contribution in [-0.2, 0) is 10.0 Å². The first-order valence-electron chi connectivity index (χ1n) is 5.12. The van der Waals surface area contributed by atoms with Gasteiger partial charge in [0.05, 0.1) is 5.69 Å². The maximum absolute atomic E-state index is 11.8. The smallest absolute Gasteiger partial charge is 0.242 e. The van der Waals surface area contributed by atoms with Gasteiger partial charge in [0.1, 0.15) is 4.90 Å². The van der Waals surface area contributed by atoms with Gasteiger partial charge in [0.15, 0.2) is 0 Å². The van der Waals surface area contributed by atoms with Crippen molar-refractivity contribution in [3.63, 3.8) is 0 Å². The first kappa shape index (κ1) is 12.9. The molecular weight excluding hydrogens is 226 g/mol. The Morgan fingerprint density at radius 2 is 2.12 bits per heavy atom. The van der Waals surface area contributed by atoms with Crippen molar-refractivity contribution in [2.24, 2.45) is 5.92 Å². The molecule has 3 N–H and O–H groups in total. The fourth-order valence-electron chi connectivity index (χ4n) is 1.15. The third-order valence-corrected chi connectivity index (χ3v) is 3.49. The van der Waals surface area contributed by atoms with E-state index < -0.39 is 10.0 Å². The van der Waals surface area contributed by atoms with E-state index in [1.165, 1.54) is 18.5 Å². The summed E-state index contributed by atoms with van der Waals surface area (Å²) < 4.78 is 26.0. The molecule has 0 saturated heterocycles. The molecule has 0 aliphatic rings. The number of sulfonamides is 1. The Hall–Kier alpha value is -1.14. The molecule has 0 fully saturated rings. The summed E-state index contributed by atoms with van der Waals surface area (Å²) in [6.45, 7) is 4.50. The van der Waals surface area contributed by atoms with Gasteiger partial charge in [-0.25, -0.2) is 13.1 Å². The molecule has 16 heavy (non-hydrogen) atoms. The van der Waals surface area contributed by atoms with E-state index in [1.54, 1.807) is 0 Å². The number of nitrogens with zero attached hydrogens (tertiary/aromatic N) is 1. The molecule has 0 unspecified atom stereocenters. The molecular formula is C10H17N3O2S. The van der Waals surface area contributed by atoms with Crippen LogP contribution in [0, 0.1) is 5.92 Å². The second-order valence-electron chi connectivity index (χ2n) is 4.03. The van der Waals surface area contributed by atoms with Crippen LogP contribution in [0.15, 0.2) is 23.4 Å². The van der Waals surface area contributed by atoms with Crippen LogP contribution in [0.2, 0.25) is 0 Å². The summed E-state index contributed by atoms with van der Waals surface area (Å²) in [5.41, 5.74) is 5.82. The Morgan fingerprint density at radius 3 is 2.69 bits per heavy atom. The minimum absolute atomic E-state index is 0.108. The molecule has 90 valence electrons. The largest absolute Gasteiger partial charge is 0.397 e. The number of anilines is 1. The Balaban J connectivity index is 2.71. The standard InChI is InChI=1S/C10H17N3O2S/c1-8(2)3-4-13-16(14,15)10-5-9(11)6-12-7-10/h5-8,13H,3-4,11H2,1-2H3. The minimum Gasteiger partial charge on any atom is -0.397 e. The quantitative estimate of drug-likeness (QED) is 0.807.